The van der Waals surface area contributed by atoms with Crippen LogP contribution in [0.5, 0.6) is 0 Å². The Morgan fingerprint density at radius 1 is 0.552 bits per heavy atom. The summed E-state index contributed by atoms with van der Waals surface area (Å²) < 4.78 is 0. The summed E-state index contributed by atoms with van der Waals surface area (Å²) in [7, 11) is 0. The molecule has 0 unspecified atom stereocenters. The maximum Gasteiger partial charge on any atom is 0.257 e. The molecule has 0 bridgehead atoms. The van der Waals surface area contributed by atoms with Crippen LogP contribution in [-0.4, -0.2) is 0 Å². The number of hydrogen-bond donors (Lipinski definition) is 1. The van der Waals surface area contributed by atoms with Crippen molar-refractivity contribution < 1.29 is 0 Å². The fourth-order valence-electron chi connectivity index (χ4n) is 2.77. The summed E-state index contributed by atoms with van der Waals surface area (Å²) in [6.07, 6.45) is 0. The lowest BCUT2D eigenvalue weighted by atomic mass is 10.1. The van der Waals surface area contributed by atoms with Gasteiger partial charge in [-0.15, -0.1) is 0 Å². The van der Waals surface area contributed by atoms with Crippen molar-refractivity contribution in [1.29, 1.82) is 0 Å². The molecule has 0 amide bonds. The summed E-state index contributed by atoms with van der Waals surface area (Å²) in [5.74, 6) is 0. The van der Waals surface area contributed by atoms with Crippen molar-refractivity contribution in [3.63, 3.8) is 0 Å². The van der Waals surface area contributed by atoms with Gasteiger partial charge in [0.2, 0.25) is 10.9 Å². The molecule has 0 heterocycles. The van der Waals surface area contributed by atoms with Crippen molar-refractivity contribution in [1.82, 2.24) is 0 Å². The molecule has 0 aliphatic carbocycles. The van der Waals surface area contributed by atoms with Crippen molar-refractivity contribution in [3.8, 4) is 0 Å². The molecule has 0 atom stereocenters. The van der Waals surface area contributed by atoms with Gasteiger partial charge in [0.15, 0.2) is 5.36 Å². The van der Waals surface area contributed by atoms with E-state index in [-0.39, 0.29) is 10.8 Å². The number of nitrogens with one attached hydrogen (secondary N) is 1. The average Bonchev–Trinajstić information content (AvgIpc) is 2.77. The van der Waals surface area contributed by atoms with Crippen molar-refractivity contribution in [2.75, 3.05) is 5.43 Å². The lowest BCUT2D eigenvalue weighted by Gasteiger charge is -2.00. The van der Waals surface area contributed by atoms with E-state index >= 15 is 0 Å². The van der Waals surface area contributed by atoms with Crippen LogP contribution in [0.3, 0.4) is 0 Å². The van der Waals surface area contributed by atoms with E-state index in [1.165, 1.54) is 12.1 Å². The summed E-state index contributed by atoms with van der Waals surface area (Å²) in [6, 6.07) is 22.3. The SMILES string of the molecule is O=c1c(=O)c2ccccc2c(=O)/c1=N/Nc1ccc(N=Nc2ccccc2)cc1. The van der Waals surface area contributed by atoms with E-state index in [2.05, 4.69) is 20.8 Å². The second-order valence-electron chi connectivity index (χ2n) is 6.19. The third kappa shape index (κ3) is 3.74. The predicted octanol–water partition coefficient (Wildman–Crippen LogP) is 3.14. The monoisotopic (exact) mass is 382 g/mol. The first-order valence-electron chi connectivity index (χ1n) is 8.77. The molecule has 0 saturated carbocycles. The molecule has 140 valence electrons. The molecule has 0 saturated heterocycles. The number of anilines is 1. The maximum atomic E-state index is 12.5. The van der Waals surface area contributed by atoms with Crippen LogP contribution in [0.15, 0.2) is 109 Å². The highest BCUT2D eigenvalue weighted by molar-refractivity contribution is 5.81. The summed E-state index contributed by atoms with van der Waals surface area (Å²) in [4.78, 5) is 36.9. The van der Waals surface area contributed by atoms with E-state index in [4.69, 9.17) is 0 Å². The van der Waals surface area contributed by atoms with Crippen LogP contribution >= 0.6 is 0 Å². The number of benzene rings is 4. The first kappa shape index (κ1) is 18.1. The average molecular weight is 382 g/mol. The zero-order valence-electron chi connectivity index (χ0n) is 15.1. The van der Waals surface area contributed by atoms with Crippen LogP contribution in [0.1, 0.15) is 0 Å². The Bertz CT molecular complexity index is 1420. The van der Waals surface area contributed by atoms with Gasteiger partial charge in [-0.25, -0.2) is 0 Å². The van der Waals surface area contributed by atoms with Gasteiger partial charge in [-0.2, -0.15) is 15.3 Å². The van der Waals surface area contributed by atoms with Gasteiger partial charge in [0.1, 0.15) is 0 Å². The molecular weight excluding hydrogens is 368 g/mol. The van der Waals surface area contributed by atoms with Gasteiger partial charge in [-0.05, 0) is 36.4 Å². The predicted molar refractivity (Wildman–Crippen MR) is 111 cm³/mol. The van der Waals surface area contributed by atoms with E-state index in [1.807, 2.05) is 30.3 Å². The van der Waals surface area contributed by atoms with Gasteiger partial charge in [-0.3, -0.25) is 19.8 Å². The number of hydrogen-bond acceptors (Lipinski definition) is 7. The van der Waals surface area contributed by atoms with Crippen LogP contribution in [0.2, 0.25) is 0 Å². The van der Waals surface area contributed by atoms with Crippen molar-refractivity contribution in [2.24, 2.45) is 15.3 Å². The topological polar surface area (TPSA) is 100 Å². The van der Waals surface area contributed by atoms with Gasteiger partial charge in [0.05, 0.1) is 17.1 Å². The molecule has 0 aliphatic rings. The molecule has 4 aromatic rings. The minimum absolute atomic E-state index is 0.106. The van der Waals surface area contributed by atoms with E-state index in [1.54, 1.807) is 36.4 Å². The summed E-state index contributed by atoms with van der Waals surface area (Å²) in [5.41, 5.74) is 2.30. The minimum Gasteiger partial charge on any atom is -0.287 e. The Labute approximate surface area is 164 Å². The van der Waals surface area contributed by atoms with Gasteiger partial charge in [0, 0.05) is 10.8 Å². The van der Waals surface area contributed by atoms with Crippen LogP contribution in [0.4, 0.5) is 17.1 Å². The van der Waals surface area contributed by atoms with Crippen molar-refractivity contribution >= 4 is 27.8 Å². The highest BCUT2D eigenvalue weighted by Crippen LogP contribution is 2.19. The molecule has 0 aromatic heterocycles. The molecule has 4 aromatic carbocycles. The highest BCUT2D eigenvalue weighted by Gasteiger charge is 2.10. The molecule has 4 rings (SSSR count). The summed E-state index contributed by atoms with van der Waals surface area (Å²) in [5, 5.41) is 12.0. The molecule has 0 spiro atoms. The van der Waals surface area contributed by atoms with E-state index in [9.17, 15) is 14.4 Å². The fourth-order valence-corrected chi connectivity index (χ4v) is 2.77. The molecule has 7 heteroatoms. The molecule has 1 N–H and O–H groups in total. The van der Waals surface area contributed by atoms with Crippen molar-refractivity contribution in [3.05, 3.63) is 115 Å². The van der Waals surface area contributed by atoms with Crippen LogP contribution < -0.4 is 27.1 Å². The van der Waals surface area contributed by atoms with Gasteiger partial charge < -0.3 is 0 Å². The second kappa shape index (κ2) is 7.77. The smallest absolute Gasteiger partial charge is 0.257 e. The number of fused-ring (bicyclic) bond motifs is 1. The maximum absolute atomic E-state index is 12.5. The van der Waals surface area contributed by atoms with Gasteiger partial charge >= 0.3 is 0 Å². The first-order valence-corrected chi connectivity index (χ1v) is 8.77. The molecule has 0 aliphatic heterocycles. The normalized spacial score (nSPS) is 11.9. The third-order valence-corrected chi connectivity index (χ3v) is 4.25. The lowest BCUT2D eigenvalue weighted by molar-refractivity contribution is 1.17. The number of azo groups is 1. The van der Waals surface area contributed by atoms with Gasteiger partial charge in [0.25, 0.3) is 5.43 Å². The van der Waals surface area contributed by atoms with E-state index < -0.39 is 21.6 Å². The quantitative estimate of drug-likeness (QED) is 0.333. The summed E-state index contributed by atoms with van der Waals surface area (Å²) >= 11 is 0. The summed E-state index contributed by atoms with van der Waals surface area (Å²) in [6.45, 7) is 0. The Kier molecular flexibility index (Phi) is 4.86. The van der Waals surface area contributed by atoms with E-state index in [0.29, 0.717) is 11.4 Å². The lowest BCUT2D eigenvalue weighted by Crippen LogP contribution is -2.48. The fraction of sp³-hybridized carbons (Fsp3) is 0. The molecule has 7 nitrogen and oxygen atoms in total. The Hall–Kier alpha value is -4.26. The zero-order valence-corrected chi connectivity index (χ0v) is 15.1. The van der Waals surface area contributed by atoms with Crippen LogP contribution in [0, 0.1) is 0 Å². The molecule has 29 heavy (non-hydrogen) atoms. The van der Waals surface area contributed by atoms with Crippen molar-refractivity contribution in [2.45, 2.75) is 0 Å². The largest absolute Gasteiger partial charge is 0.287 e. The number of rotatable bonds is 4. The van der Waals surface area contributed by atoms with Crippen LogP contribution in [-0.2, 0) is 0 Å². The molecular formula is C22H14N4O3. The van der Waals surface area contributed by atoms with Gasteiger partial charge in [-0.1, -0.05) is 42.5 Å². The van der Waals surface area contributed by atoms with Crippen LogP contribution in [0.25, 0.3) is 10.8 Å². The second-order valence-corrected chi connectivity index (χ2v) is 6.19. The van der Waals surface area contributed by atoms with E-state index in [0.717, 1.165) is 5.69 Å². The molecule has 0 radical (unpaired) electrons. The standard InChI is InChI=1S/C22H14N4O3/c27-20-17-8-4-5-9-18(17)21(28)22(29)19(20)26-25-16-12-10-15(11-13-16)24-23-14-6-2-1-3-7-14/h1-13,25H/b24-23?,26-19-. The Morgan fingerprint density at radius 3 is 1.76 bits per heavy atom. The first-order chi connectivity index (χ1) is 14.1. The number of nitrogens with zero attached hydrogens (tertiary/aromatic N) is 3. The highest BCUT2D eigenvalue weighted by atomic mass is 16.2. The molecule has 0 fully saturated rings. The minimum atomic E-state index is -0.922. The third-order valence-electron chi connectivity index (χ3n) is 4.25. The Balaban J connectivity index is 1.62. The Morgan fingerprint density at radius 2 is 1.10 bits per heavy atom. The zero-order chi connectivity index (χ0) is 20.2.